The van der Waals surface area contributed by atoms with Crippen LogP contribution >= 0.6 is 0 Å². The van der Waals surface area contributed by atoms with E-state index in [0.717, 1.165) is 75.3 Å². The smallest absolute Gasteiger partial charge is 0.337 e. The van der Waals surface area contributed by atoms with Crippen LogP contribution in [0.15, 0.2) is 31.0 Å². The van der Waals surface area contributed by atoms with Crippen molar-refractivity contribution in [1.29, 1.82) is 0 Å². The molecule has 1 N–H and O–H groups in total. The highest BCUT2D eigenvalue weighted by Crippen LogP contribution is 2.46. The fourth-order valence-electron chi connectivity index (χ4n) is 6.45. The van der Waals surface area contributed by atoms with Crippen molar-refractivity contribution in [1.82, 2.24) is 9.88 Å². The van der Waals surface area contributed by atoms with Gasteiger partial charge in [0.05, 0.1) is 12.2 Å². The molecule has 2 aromatic carbocycles. The molecule has 2 aliphatic rings. The maximum Gasteiger partial charge on any atom is 0.337 e. The number of aromatic nitrogens is 1. The van der Waals surface area contributed by atoms with E-state index < -0.39 is 23.5 Å². The van der Waals surface area contributed by atoms with Gasteiger partial charge >= 0.3 is 5.97 Å². The number of pyridine rings is 1. The van der Waals surface area contributed by atoms with Crippen LogP contribution in [-0.2, 0) is 28.9 Å². The van der Waals surface area contributed by atoms with Gasteiger partial charge in [-0.15, -0.1) is 0 Å². The van der Waals surface area contributed by atoms with E-state index in [0.29, 0.717) is 36.4 Å². The molecule has 222 valence electrons. The van der Waals surface area contributed by atoms with E-state index in [1.165, 1.54) is 6.07 Å². The van der Waals surface area contributed by atoms with Gasteiger partial charge in [0, 0.05) is 47.4 Å². The molecule has 0 saturated carbocycles. The molecule has 0 fully saturated rings. The summed E-state index contributed by atoms with van der Waals surface area (Å²) in [6.07, 6.45) is 2.87. The van der Waals surface area contributed by atoms with Crippen LogP contribution in [0.1, 0.15) is 83.5 Å². The lowest BCUT2D eigenvalue weighted by atomic mass is 9.78. The minimum atomic E-state index is -1.22. The Bertz CT molecular complexity index is 1570. The zero-order chi connectivity index (χ0) is 30.5. The van der Waals surface area contributed by atoms with E-state index in [2.05, 4.69) is 16.5 Å². The highest BCUT2D eigenvalue weighted by Gasteiger charge is 2.36. The molecule has 3 aromatic rings. The summed E-state index contributed by atoms with van der Waals surface area (Å²) in [5.74, 6) is -1.17. The van der Waals surface area contributed by atoms with E-state index in [9.17, 15) is 9.90 Å². The molecule has 0 bridgehead atoms. The Hall–Kier alpha value is -3.71. The average molecular weight is 573 g/mol. The Balaban J connectivity index is 1.73. The number of hydrogen-bond donors (Lipinski definition) is 1. The predicted molar refractivity (Wildman–Crippen MR) is 163 cm³/mol. The first kappa shape index (κ1) is 29.8. The van der Waals surface area contributed by atoms with Gasteiger partial charge in [0.25, 0.3) is 0 Å². The fraction of sp³-hybridized carbons (Fsp3) is 0.429. The third-order valence-corrected chi connectivity index (χ3v) is 8.59. The normalized spacial score (nSPS) is 15.5. The second-order valence-electron chi connectivity index (χ2n) is 12.5. The molecule has 2 aliphatic heterocycles. The zero-order valence-electron chi connectivity index (χ0n) is 25.8. The number of rotatable bonds is 6. The van der Waals surface area contributed by atoms with Gasteiger partial charge in [-0.25, -0.2) is 9.18 Å². The van der Waals surface area contributed by atoms with Crippen molar-refractivity contribution in [3.63, 3.8) is 0 Å². The molecule has 0 amide bonds. The molecule has 6 nitrogen and oxygen atoms in total. The Morgan fingerprint density at radius 2 is 1.83 bits per heavy atom. The predicted octanol–water partition coefficient (Wildman–Crippen LogP) is 7.42. The number of ether oxygens (including phenoxy) is 2. The van der Waals surface area contributed by atoms with E-state index in [4.69, 9.17) is 9.47 Å². The number of benzene rings is 2. The molecule has 3 heterocycles. The Kier molecular flexibility index (Phi) is 7.92. The van der Waals surface area contributed by atoms with Crippen molar-refractivity contribution < 1.29 is 23.8 Å². The first-order chi connectivity index (χ1) is 19.8. The number of nitrogens with zero attached hydrogens (tertiary/aromatic N) is 2. The molecule has 0 unspecified atom stereocenters. The SMILES string of the molecule is C=C(c1ccc(C)nc1)N1CCc2c(C)c([C@H](OC(C)(C)C)C(=O)O)c(-c3cc(F)c4c(c3C)CCCO4)c(C)c2C1. The molecule has 0 radical (unpaired) electrons. The molecule has 1 aromatic heterocycles. The maximum atomic E-state index is 15.6. The van der Waals surface area contributed by atoms with E-state index in [1.807, 2.05) is 66.8 Å². The number of carboxylic acid groups (broad SMARTS) is 1. The lowest BCUT2D eigenvalue weighted by Crippen LogP contribution is -2.32. The standard InChI is InChI=1S/C35H41FN2O4/c1-19-11-12-24(17-37-19)23(5)38-14-13-25-21(3)31(33(34(39)40)42-35(6,7)8)30(22(4)28(25)18-38)27-16-29(36)32-26(20(27)2)10-9-15-41-32/h11-12,16-17,33H,5,9-10,13-15,18H2,1-4,6-8H3,(H,39,40)/t33-/m0/s1. The van der Waals surface area contributed by atoms with Crippen LogP contribution < -0.4 is 4.74 Å². The van der Waals surface area contributed by atoms with Crippen LogP contribution in [0.25, 0.3) is 16.8 Å². The van der Waals surface area contributed by atoms with Crippen molar-refractivity contribution >= 4 is 11.7 Å². The minimum Gasteiger partial charge on any atom is -0.490 e. The van der Waals surface area contributed by atoms with E-state index >= 15 is 4.39 Å². The van der Waals surface area contributed by atoms with Crippen LogP contribution in [0.4, 0.5) is 4.39 Å². The summed E-state index contributed by atoms with van der Waals surface area (Å²) < 4.78 is 27.6. The monoisotopic (exact) mass is 572 g/mol. The number of aryl methyl sites for hydroxylation is 1. The van der Waals surface area contributed by atoms with Gasteiger partial charge in [-0.2, -0.15) is 0 Å². The summed E-state index contributed by atoms with van der Waals surface area (Å²) in [4.78, 5) is 19.6. The number of hydrogen-bond acceptors (Lipinski definition) is 5. The molecule has 1 atom stereocenters. The Morgan fingerprint density at radius 3 is 2.48 bits per heavy atom. The number of halogens is 1. The molecule has 5 rings (SSSR count). The second-order valence-corrected chi connectivity index (χ2v) is 12.5. The van der Waals surface area contributed by atoms with Crippen molar-refractivity contribution in [2.24, 2.45) is 0 Å². The average Bonchev–Trinajstić information content (AvgIpc) is 2.95. The summed E-state index contributed by atoms with van der Waals surface area (Å²) in [5.41, 5.74) is 9.95. The number of fused-ring (bicyclic) bond motifs is 2. The lowest BCUT2D eigenvalue weighted by molar-refractivity contribution is -0.160. The number of carboxylic acids is 1. The molecule has 7 heteroatoms. The van der Waals surface area contributed by atoms with Crippen LogP contribution in [-0.4, -0.2) is 39.7 Å². The summed E-state index contributed by atoms with van der Waals surface area (Å²) in [7, 11) is 0. The van der Waals surface area contributed by atoms with Crippen molar-refractivity contribution in [2.45, 2.75) is 86.0 Å². The van der Waals surface area contributed by atoms with Gasteiger partial charge in [-0.1, -0.05) is 6.58 Å². The van der Waals surface area contributed by atoms with Gasteiger partial charge in [0.2, 0.25) is 0 Å². The van der Waals surface area contributed by atoms with Crippen LogP contribution in [0, 0.1) is 33.5 Å². The highest BCUT2D eigenvalue weighted by molar-refractivity contribution is 5.86. The van der Waals surface area contributed by atoms with Gasteiger partial charge in [-0.3, -0.25) is 4.98 Å². The van der Waals surface area contributed by atoms with Gasteiger partial charge in [0.15, 0.2) is 17.7 Å². The zero-order valence-corrected chi connectivity index (χ0v) is 25.8. The van der Waals surface area contributed by atoms with Crippen LogP contribution in [0.3, 0.4) is 0 Å². The molecule has 0 aliphatic carbocycles. The fourth-order valence-corrected chi connectivity index (χ4v) is 6.45. The Morgan fingerprint density at radius 1 is 1.10 bits per heavy atom. The first-order valence-electron chi connectivity index (χ1n) is 14.7. The highest BCUT2D eigenvalue weighted by atomic mass is 19.1. The maximum absolute atomic E-state index is 15.6. The molecule has 0 spiro atoms. The molecular formula is C35H41FN2O4. The first-order valence-corrected chi connectivity index (χ1v) is 14.7. The van der Waals surface area contributed by atoms with Gasteiger partial charge in [0.1, 0.15) is 0 Å². The number of carbonyl (C=O) groups is 1. The third kappa shape index (κ3) is 5.42. The molecule has 42 heavy (non-hydrogen) atoms. The quantitative estimate of drug-likeness (QED) is 0.332. The molecule has 0 saturated heterocycles. The van der Waals surface area contributed by atoms with E-state index in [-0.39, 0.29) is 0 Å². The molecular weight excluding hydrogens is 531 g/mol. The summed E-state index contributed by atoms with van der Waals surface area (Å²) in [6.45, 7) is 19.7. The second kappa shape index (κ2) is 11.2. The Labute approximate surface area is 248 Å². The largest absolute Gasteiger partial charge is 0.490 e. The summed E-state index contributed by atoms with van der Waals surface area (Å²) >= 11 is 0. The van der Waals surface area contributed by atoms with Crippen LogP contribution in [0.2, 0.25) is 0 Å². The number of aliphatic carboxylic acids is 1. The van der Waals surface area contributed by atoms with Crippen LogP contribution in [0.5, 0.6) is 5.75 Å². The van der Waals surface area contributed by atoms with E-state index in [1.54, 1.807) is 0 Å². The van der Waals surface area contributed by atoms with Crippen molar-refractivity contribution in [2.75, 3.05) is 13.2 Å². The lowest BCUT2D eigenvalue weighted by Gasteiger charge is -2.37. The topological polar surface area (TPSA) is 71.9 Å². The summed E-state index contributed by atoms with van der Waals surface area (Å²) in [5, 5.41) is 10.5. The van der Waals surface area contributed by atoms with Crippen molar-refractivity contribution in [3.8, 4) is 16.9 Å². The van der Waals surface area contributed by atoms with Crippen molar-refractivity contribution in [3.05, 3.63) is 87.0 Å². The summed E-state index contributed by atoms with van der Waals surface area (Å²) in [6, 6.07) is 5.54. The van der Waals surface area contributed by atoms with Gasteiger partial charge < -0.3 is 19.5 Å². The minimum absolute atomic E-state index is 0.311. The van der Waals surface area contributed by atoms with Gasteiger partial charge in [-0.05, 0) is 125 Å². The third-order valence-electron chi connectivity index (χ3n) is 8.59.